The fourth-order valence-electron chi connectivity index (χ4n) is 5.26. The van der Waals surface area contributed by atoms with Gasteiger partial charge in [-0.05, 0) is 43.4 Å². The molecule has 0 saturated heterocycles. The van der Waals surface area contributed by atoms with Crippen molar-refractivity contribution in [1.82, 2.24) is 0 Å². The monoisotopic (exact) mass is 448 g/mol. The van der Waals surface area contributed by atoms with Crippen LogP contribution in [0.5, 0.6) is 5.75 Å². The van der Waals surface area contributed by atoms with Gasteiger partial charge in [0, 0.05) is 12.1 Å². The zero-order valence-corrected chi connectivity index (χ0v) is 18.1. The van der Waals surface area contributed by atoms with Crippen molar-refractivity contribution >= 4 is 0 Å². The molecule has 3 rings (SSSR count). The summed E-state index contributed by atoms with van der Waals surface area (Å²) in [5, 5.41) is 10.5. The van der Waals surface area contributed by atoms with Crippen LogP contribution in [0.4, 0.5) is 22.0 Å². The molecule has 0 aliphatic heterocycles. The van der Waals surface area contributed by atoms with Crippen LogP contribution in [0.25, 0.3) is 0 Å². The first-order valence-corrected chi connectivity index (χ1v) is 11.6. The average molecular weight is 449 g/mol. The van der Waals surface area contributed by atoms with Crippen molar-refractivity contribution in [1.29, 1.82) is 0 Å². The summed E-state index contributed by atoms with van der Waals surface area (Å²) in [6.07, 6.45) is 6.25. The average Bonchev–Trinajstić information content (AvgIpc) is 2.72. The summed E-state index contributed by atoms with van der Waals surface area (Å²) < 4.78 is 73.4. The highest BCUT2D eigenvalue weighted by atomic mass is 19.3. The highest BCUT2D eigenvalue weighted by Crippen LogP contribution is 2.45. The highest BCUT2D eigenvalue weighted by Gasteiger charge is 2.56. The van der Waals surface area contributed by atoms with E-state index in [2.05, 4.69) is 11.7 Å². The largest absolute Gasteiger partial charge is 0.430 e. The summed E-state index contributed by atoms with van der Waals surface area (Å²) >= 11 is 0. The predicted octanol–water partition coefficient (Wildman–Crippen LogP) is 7.38. The van der Waals surface area contributed by atoms with Gasteiger partial charge < -0.3 is 9.84 Å². The summed E-state index contributed by atoms with van der Waals surface area (Å²) in [5.74, 6) is -4.00. The van der Waals surface area contributed by atoms with Crippen molar-refractivity contribution in [3.05, 3.63) is 29.6 Å². The van der Waals surface area contributed by atoms with Crippen molar-refractivity contribution in [2.24, 2.45) is 17.8 Å². The molecule has 1 aromatic carbocycles. The van der Waals surface area contributed by atoms with Gasteiger partial charge in [0.1, 0.15) is 5.75 Å². The Labute approximate surface area is 181 Å². The maximum absolute atomic E-state index is 14.6. The van der Waals surface area contributed by atoms with Crippen LogP contribution in [0.1, 0.15) is 84.0 Å². The summed E-state index contributed by atoms with van der Waals surface area (Å²) in [6.45, 7) is 2.22. The van der Waals surface area contributed by atoms with Crippen molar-refractivity contribution in [3.8, 4) is 5.75 Å². The quantitative estimate of drug-likeness (QED) is 0.332. The third kappa shape index (κ3) is 5.91. The van der Waals surface area contributed by atoms with Crippen molar-refractivity contribution in [3.63, 3.8) is 0 Å². The van der Waals surface area contributed by atoms with E-state index in [9.17, 15) is 27.1 Å². The summed E-state index contributed by atoms with van der Waals surface area (Å²) in [7, 11) is 0. The molecular formula is C24H33F5O2. The van der Waals surface area contributed by atoms with Crippen LogP contribution in [0.3, 0.4) is 0 Å². The van der Waals surface area contributed by atoms with Crippen molar-refractivity contribution < 1.29 is 31.8 Å². The van der Waals surface area contributed by atoms with Crippen molar-refractivity contribution in [2.75, 3.05) is 0 Å². The molecule has 0 aromatic heterocycles. The van der Waals surface area contributed by atoms with E-state index in [1.54, 1.807) is 0 Å². The first-order chi connectivity index (χ1) is 14.6. The molecule has 31 heavy (non-hydrogen) atoms. The van der Waals surface area contributed by atoms with E-state index in [0.29, 0.717) is 30.9 Å². The molecule has 0 spiro atoms. The Balaban J connectivity index is 1.48. The molecular weight excluding hydrogens is 415 g/mol. The minimum absolute atomic E-state index is 0.153. The van der Waals surface area contributed by atoms with E-state index in [-0.39, 0.29) is 18.8 Å². The number of hydrogen-bond acceptors (Lipinski definition) is 2. The lowest BCUT2D eigenvalue weighted by atomic mass is 9.73. The second-order valence-corrected chi connectivity index (χ2v) is 9.55. The van der Waals surface area contributed by atoms with E-state index >= 15 is 0 Å². The van der Waals surface area contributed by atoms with E-state index in [4.69, 9.17) is 0 Å². The lowest BCUT2D eigenvalue weighted by Gasteiger charge is -2.40. The molecule has 0 bridgehead atoms. The Morgan fingerprint density at radius 2 is 1.32 bits per heavy atom. The summed E-state index contributed by atoms with van der Waals surface area (Å²) in [5.41, 5.74) is -2.41. The van der Waals surface area contributed by atoms with Gasteiger partial charge in [0.05, 0.1) is 0 Å². The van der Waals surface area contributed by atoms with Crippen LogP contribution in [-0.2, 0) is 0 Å². The standard InChI is InChI=1S/C24H33F5O2/c1-2-3-16-4-6-17(7-5-16)8-9-18-10-12-23(30,13-11-18)24(28,29)31-19-14-20(25)22(27)21(26)15-19/h14-18,30H,2-13H2,1H3. The molecule has 1 N–H and O–H groups in total. The Kier molecular flexibility index (Phi) is 7.87. The molecule has 7 heteroatoms. The molecule has 1 aromatic rings. The molecule has 2 aliphatic carbocycles. The fourth-order valence-corrected chi connectivity index (χ4v) is 5.26. The maximum atomic E-state index is 14.6. The van der Waals surface area contributed by atoms with E-state index in [1.807, 2.05) is 0 Å². The number of halogens is 5. The SMILES string of the molecule is CCCC1CCC(CCC2CCC(O)(C(F)(F)Oc3cc(F)c(F)c(F)c3)CC2)CC1. The molecule has 2 saturated carbocycles. The van der Waals surface area contributed by atoms with Gasteiger partial charge in [-0.3, -0.25) is 0 Å². The first kappa shape index (κ1) is 24.3. The molecule has 2 fully saturated rings. The fraction of sp³-hybridized carbons (Fsp3) is 0.750. The molecule has 0 unspecified atom stereocenters. The van der Waals surface area contributed by atoms with Gasteiger partial charge in [0.2, 0.25) is 0 Å². The molecule has 2 nitrogen and oxygen atoms in total. The van der Waals surface area contributed by atoms with E-state index in [0.717, 1.165) is 18.8 Å². The second-order valence-electron chi connectivity index (χ2n) is 9.55. The number of rotatable bonds is 8. The third-order valence-corrected chi connectivity index (χ3v) is 7.32. The van der Waals surface area contributed by atoms with Crippen LogP contribution in [0, 0.1) is 35.2 Å². The topological polar surface area (TPSA) is 29.5 Å². The van der Waals surface area contributed by atoms with Gasteiger partial charge in [0.15, 0.2) is 23.1 Å². The van der Waals surface area contributed by atoms with Crippen molar-refractivity contribution in [2.45, 2.75) is 95.7 Å². The number of alkyl halides is 2. The predicted molar refractivity (Wildman–Crippen MR) is 108 cm³/mol. The minimum atomic E-state index is -4.04. The lowest BCUT2D eigenvalue weighted by Crippen LogP contribution is -2.53. The number of aliphatic hydroxyl groups is 1. The van der Waals surface area contributed by atoms with Crippen LogP contribution < -0.4 is 4.74 Å². The number of benzene rings is 1. The molecule has 0 radical (unpaired) electrons. The van der Waals surface area contributed by atoms with Gasteiger partial charge in [-0.2, -0.15) is 8.78 Å². The Morgan fingerprint density at radius 3 is 1.81 bits per heavy atom. The molecule has 0 heterocycles. The van der Waals surface area contributed by atoms with Gasteiger partial charge >= 0.3 is 6.11 Å². The van der Waals surface area contributed by atoms with Gasteiger partial charge in [-0.15, -0.1) is 0 Å². The molecule has 2 aliphatic rings. The summed E-state index contributed by atoms with van der Waals surface area (Å²) in [6, 6.07) is 0.715. The summed E-state index contributed by atoms with van der Waals surface area (Å²) in [4.78, 5) is 0. The molecule has 0 atom stereocenters. The zero-order chi connectivity index (χ0) is 22.6. The highest BCUT2D eigenvalue weighted by molar-refractivity contribution is 5.25. The lowest BCUT2D eigenvalue weighted by molar-refractivity contribution is -0.299. The smallest absolute Gasteiger partial charge is 0.427 e. The normalized spacial score (nSPS) is 29.7. The van der Waals surface area contributed by atoms with Gasteiger partial charge in [0.25, 0.3) is 0 Å². The third-order valence-electron chi connectivity index (χ3n) is 7.32. The van der Waals surface area contributed by atoms with Gasteiger partial charge in [-0.1, -0.05) is 58.3 Å². The first-order valence-electron chi connectivity index (χ1n) is 11.6. The van der Waals surface area contributed by atoms with Gasteiger partial charge in [-0.25, -0.2) is 13.2 Å². The van der Waals surface area contributed by atoms with E-state index < -0.39 is 34.9 Å². The Hall–Kier alpha value is -1.37. The minimum Gasteiger partial charge on any atom is -0.430 e. The Bertz CT molecular complexity index is 700. The zero-order valence-electron chi connectivity index (χ0n) is 18.1. The number of ether oxygens (including phenoxy) is 1. The van der Waals surface area contributed by atoms with Crippen LogP contribution >= 0.6 is 0 Å². The molecule has 0 amide bonds. The Morgan fingerprint density at radius 1 is 0.871 bits per heavy atom. The second kappa shape index (κ2) is 10.1. The number of hydrogen-bond donors (Lipinski definition) is 1. The van der Waals surface area contributed by atoms with E-state index in [1.165, 1.54) is 38.5 Å². The van der Waals surface area contributed by atoms with Crippen LogP contribution in [0.15, 0.2) is 12.1 Å². The maximum Gasteiger partial charge on any atom is 0.427 e. The van der Waals surface area contributed by atoms with Crippen LogP contribution in [0.2, 0.25) is 0 Å². The molecule has 176 valence electrons. The van der Waals surface area contributed by atoms with Crippen LogP contribution in [-0.4, -0.2) is 16.8 Å².